The zero-order valence-electron chi connectivity index (χ0n) is 13.4. The van der Waals surface area contributed by atoms with Gasteiger partial charge in [-0.15, -0.1) is 0 Å². The number of amides is 3. The van der Waals surface area contributed by atoms with E-state index in [4.69, 9.17) is 5.73 Å². The van der Waals surface area contributed by atoms with Crippen LogP contribution < -0.4 is 16.4 Å². The van der Waals surface area contributed by atoms with Gasteiger partial charge in [0.1, 0.15) is 0 Å². The largest absolute Gasteiger partial charge is 0.359 e. The molecule has 0 saturated carbocycles. The van der Waals surface area contributed by atoms with Crippen LogP contribution in [0.5, 0.6) is 0 Å². The smallest absolute Gasteiger partial charge is 0.312 e. The number of carbonyl (C=O) groups excluding carboxylic acids is 2. The van der Waals surface area contributed by atoms with Crippen molar-refractivity contribution in [3.8, 4) is 0 Å². The summed E-state index contributed by atoms with van der Waals surface area (Å²) in [5, 5.41) is 5.30. The molecule has 3 amide bonds. The summed E-state index contributed by atoms with van der Waals surface area (Å²) in [6.45, 7) is 1.52. The van der Waals surface area contributed by atoms with Crippen molar-refractivity contribution in [1.29, 1.82) is 0 Å². The van der Waals surface area contributed by atoms with Gasteiger partial charge in [0.25, 0.3) is 0 Å². The summed E-state index contributed by atoms with van der Waals surface area (Å²) in [5.74, 6) is 0. The van der Waals surface area contributed by atoms with Crippen LogP contribution in [0.15, 0.2) is 0 Å². The lowest BCUT2D eigenvalue weighted by atomic mass is 10.1. The minimum absolute atomic E-state index is 0.421. The van der Waals surface area contributed by atoms with Crippen LogP contribution in [0, 0.1) is 0 Å². The Morgan fingerprint density at radius 3 is 1.48 bits per heavy atom. The molecule has 0 aromatic rings. The van der Waals surface area contributed by atoms with Gasteiger partial charge in [0, 0.05) is 13.1 Å². The highest BCUT2D eigenvalue weighted by atomic mass is 16.2. The summed E-state index contributed by atoms with van der Waals surface area (Å²) in [6.07, 6.45) is 15.8. The van der Waals surface area contributed by atoms with Gasteiger partial charge in [-0.3, -0.25) is 4.79 Å². The van der Waals surface area contributed by atoms with E-state index in [-0.39, 0.29) is 0 Å². The summed E-state index contributed by atoms with van der Waals surface area (Å²) in [5.41, 5.74) is 4.99. The molecule has 0 aromatic heterocycles. The Morgan fingerprint density at radius 1 is 0.714 bits per heavy atom. The molecule has 0 aliphatic carbocycles. The summed E-state index contributed by atoms with van der Waals surface area (Å²) in [7, 11) is 0. The van der Waals surface area contributed by atoms with E-state index in [1.165, 1.54) is 64.2 Å². The van der Waals surface area contributed by atoms with Crippen molar-refractivity contribution in [2.24, 2.45) is 5.73 Å². The number of hydrogen-bond donors (Lipinski definition) is 3. The van der Waals surface area contributed by atoms with Gasteiger partial charge in [0.15, 0.2) is 0 Å². The molecule has 0 spiro atoms. The molecular weight excluding hydrogens is 266 g/mol. The Bertz CT molecular complexity index is 248. The molecule has 5 nitrogen and oxygen atoms in total. The molecule has 0 rings (SSSR count). The van der Waals surface area contributed by atoms with Crippen molar-refractivity contribution < 1.29 is 9.59 Å². The molecule has 0 fully saturated rings. The van der Waals surface area contributed by atoms with E-state index in [1.54, 1.807) is 0 Å². The number of nitrogens with two attached hydrogens (primary N) is 1. The predicted molar refractivity (Wildman–Crippen MR) is 87.1 cm³/mol. The summed E-state index contributed by atoms with van der Waals surface area (Å²) in [4.78, 5) is 20.5. The van der Waals surface area contributed by atoms with E-state index in [0.29, 0.717) is 6.54 Å². The van der Waals surface area contributed by atoms with E-state index >= 15 is 0 Å². The van der Waals surface area contributed by atoms with Crippen molar-refractivity contribution in [2.45, 2.75) is 77.0 Å². The second-order valence-corrected chi connectivity index (χ2v) is 5.61. The number of carbonyl (C=O) groups is 2. The molecule has 124 valence electrons. The van der Waals surface area contributed by atoms with Crippen LogP contribution in [-0.4, -0.2) is 25.5 Å². The van der Waals surface area contributed by atoms with Crippen LogP contribution in [0.4, 0.5) is 4.79 Å². The van der Waals surface area contributed by atoms with Crippen LogP contribution in [0.2, 0.25) is 0 Å². The molecule has 0 bridgehead atoms. The van der Waals surface area contributed by atoms with Crippen molar-refractivity contribution in [3.63, 3.8) is 0 Å². The second-order valence-electron chi connectivity index (χ2n) is 5.61. The van der Waals surface area contributed by atoms with Crippen molar-refractivity contribution in [3.05, 3.63) is 0 Å². The first-order valence-electron chi connectivity index (χ1n) is 8.47. The maximum atomic E-state index is 10.4. The second kappa shape index (κ2) is 16.8. The normalized spacial score (nSPS) is 10.3. The lowest BCUT2D eigenvalue weighted by Gasteiger charge is -2.03. The highest BCUT2D eigenvalue weighted by Gasteiger charge is 1.95. The number of hydrogen-bond acceptors (Lipinski definition) is 2. The molecule has 4 N–H and O–H groups in total. The van der Waals surface area contributed by atoms with E-state index < -0.39 is 6.03 Å². The van der Waals surface area contributed by atoms with E-state index in [9.17, 15) is 9.59 Å². The van der Waals surface area contributed by atoms with Gasteiger partial charge in [-0.2, -0.15) is 0 Å². The lowest BCUT2D eigenvalue weighted by molar-refractivity contribution is -0.109. The quantitative estimate of drug-likeness (QED) is 0.302. The first-order valence-corrected chi connectivity index (χ1v) is 8.47. The Labute approximate surface area is 129 Å². The van der Waals surface area contributed by atoms with Gasteiger partial charge in [-0.05, 0) is 12.8 Å². The fourth-order valence-corrected chi connectivity index (χ4v) is 2.39. The molecule has 0 saturated heterocycles. The fraction of sp³-hybridized carbons (Fsp3) is 0.875. The Kier molecular flexibility index (Phi) is 15.8. The minimum Gasteiger partial charge on any atom is -0.359 e. The molecule has 5 heteroatoms. The van der Waals surface area contributed by atoms with Crippen LogP contribution in [0.25, 0.3) is 0 Å². The molecule has 0 radical (unpaired) electrons. The molecule has 0 atom stereocenters. The Balaban J connectivity index is 2.96. The van der Waals surface area contributed by atoms with Crippen molar-refractivity contribution in [1.82, 2.24) is 10.6 Å². The Hall–Kier alpha value is -1.26. The standard InChI is InChI=1S/C16H33N3O2/c17-16(21)19-14-12-10-8-6-4-2-1-3-5-7-9-11-13-18-15-20/h15H,1-14H2,(H,18,20)(H3,17,19,21). The maximum Gasteiger partial charge on any atom is 0.312 e. The first-order chi connectivity index (χ1) is 10.3. The third-order valence-corrected chi connectivity index (χ3v) is 3.63. The third-order valence-electron chi connectivity index (χ3n) is 3.63. The number of primary amides is 1. The van der Waals surface area contributed by atoms with Crippen LogP contribution >= 0.6 is 0 Å². The zero-order chi connectivity index (χ0) is 15.6. The molecule has 0 aliphatic heterocycles. The van der Waals surface area contributed by atoms with Gasteiger partial charge in [-0.1, -0.05) is 64.2 Å². The van der Waals surface area contributed by atoms with Crippen LogP contribution in [0.3, 0.4) is 0 Å². The first kappa shape index (κ1) is 19.7. The van der Waals surface area contributed by atoms with E-state index in [2.05, 4.69) is 10.6 Å². The average molecular weight is 299 g/mol. The van der Waals surface area contributed by atoms with Gasteiger partial charge in [0.2, 0.25) is 6.41 Å². The molecule has 0 aliphatic rings. The van der Waals surface area contributed by atoms with Crippen LogP contribution in [-0.2, 0) is 4.79 Å². The molecule has 21 heavy (non-hydrogen) atoms. The average Bonchev–Trinajstić information content (AvgIpc) is 2.46. The SMILES string of the molecule is NC(=O)NCCCCCCCCCCCCCCNC=O. The molecule has 0 unspecified atom stereocenters. The van der Waals surface area contributed by atoms with Gasteiger partial charge < -0.3 is 16.4 Å². The van der Waals surface area contributed by atoms with Crippen molar-refractivity contribution >= 4 is 12.4 Å². The molecule has 0 aromatic carbocycles. The lowest BCUT2D eigenvalue weighted by Crippen LogP contribution is -2.29. The van der Waals surface area contributed by atoms with Crippen molar-refractivity contribution in [2.75, 3.05) is 13.1 Å². The Morgan fingerprint density at radius 2 is 1.10 bits per heavy atom. The molecule has 0 heterocycles. The highest BCUT2D eigenvalue weighted by Crippen LogP contribution is 2.11. The number of nitrogens with one attached hydrogen (secondary N) is 2. The summed E-state index contributed by atoms with van der Waals surface area (Å²) >= 11 is 0. The zero-order valence-corrected chi connectivity index (χ0v) is 13.4. The monoisotopic (exact) mass is 299 g/mol. The summed E-state index contributed by atoms with van der Waals surface area (Å²) in [6, 6.07) is -0.421. The van der Waals surface area contributed by atoms with E-state index in [0.717, 1.165) is 25.8 Å². The number of rotatable bonds is 16. The highest BCUT2D eigenvalue weighted by molar-refractivity contribution is 5.71. The van der Waals surface area contributed by atoms with Crippen LogP contribution in [0.1, 0.15) is 77.0 Å². The topological polar surface area (TPSA) is 84.2 Å². The van der Waals surface area contributed by atoms with Gasteiger partial charge in [-0.25, -0.2) is 4.79 Å². The predicted octanol–water partition coefficient (Wildman–Crippen LogP) is 3.08. The molecular formula is C16H33N3O2. The van der Waals surface area contributed by atoms with Gasteiger partial charge >= 0.3 is 6.03 Å². The number of urea groups is 1. The number of unbranched alkanes of at least 4 members (excludes halogenated alkanes) is 11. The minimum atomic E-state index is -0.421. The third kappa shape index (κ3) is 18.7. The van der Waals surface area contributed by atoms with Gasteiger partial charge in [0.05, 0.1) is 0 Å². The maximum absolute atomic E-state index is 10.4. The fourth-order valence-electron chi connectivity index (χ4n) is 2.39. The van der Waals surface area contributed by atoms with E-state index in [1.807, 2.05) is 0 Å². The summed E-state index contributed by atoms with van der Waals surface area (Å²) < 4.78 is 0.